The third kappa shape index (κ3) is 5.83. The van der Waals surface area contributed by atoms with Crippen molar-refractivity contribution in [3.05, 3.63) is 55.7 Å². The van der Waals surface area contributed by atoms with E-state index in [0.717, 1.165) is 30.2 Å². The zero-order valence-electron chi connectivity index (χ0n) is 13.7. The number of anilines is 1. The number of halogens is 3. The second-order valence-electron chi connectivity index (χ2n) is 5.69. The summed E-state index contributed by atoms with van der Waals surface area (Å²) >= 11 is 11.2. The highest BCUT2D eigenvalue weighted by atomic mass is 35.5. The van der Waals surface area contributed by atoms with E-state index in [1.54, 1.807) is 6.07 Å². The molecule has 134 valence electrons. The minimum atomic E-state index is -0.607. The van der Waals surface area contributed by atoms with E-state index in [2.05, 4.69) is 15.5 Å². The Morgan fingerprint density at radius 1 is 1.16 bits per heavy atom. The van der Waals surface area contributed by atoms with E-state index < -0.39 is 5.82 Å². The van der Waals surface area contributed by atoms with Gasteiger partial charge in [0.25, 0.3) is 5.56 Å². The minimum absolute atomic E-state index is 0.0295. The molecule has 8 heteroatoms. The number of fused-ring (bicyclic) bond motifs is 1. The zero-order valence-corrected chi connectivity index (χ0v) is 15.2. The van der Waals surface area contributed by atoms with Crippen LogP contribution in [-0.2, 0) is 17.6 Å². The molecule has 25 heavy (non-hydrogen) atoms. The summed E-state index contributed by atoms with van der Waals surface area (Å²) in [5, 5.41) is 9.13. The monoisotopic (exact) mass is 385 g/mol. The van der Waals surface area contributed by atoms with Crippen LogP contribution in [0.5, 0.6) is 0 Å². The Labute approximate surface area is 154 Å². The standard InChI is InChI=1S/C9H12N2O.C8H6Cl2FNO/c12-9-6-7-4-2-1-3-5-8(7)10-11-9;1-4(13)12-8-3-6(10)5(9)2-7(8)11/h6H,1-5H2,(H,11,12);2-3H,1H3,(H,12,13). The third-order valence-electron chi connectivity index (χ3n) is 3.66. The highest BCUT2D eigenvalue weighted by Crippen LogP contribution is 2.27. The molecule has 5 nitrogen and oxygen atoms in total. The first-order valence-corrected chi connectivity index (χ1v) is 8.62. The van der Waals surface area contributed by atoms with E-state index >= 15 is 0 Å². The van der Waals surface area contributed by atoms with Crippen LogP contribution in [0.1, 0.15) is 37.4 Å². The predicted octanol–water partition coefficient (Wildman–Crippen LogP) is 4.13. The summed E-state index contributed by atoms with van der Waals surface area (Å²) in [6.45, 7) is 1.28. The Morgan fingerprint density at radius 3 is 2.56 bits per heavy atom. The maximum atomic E-state index is 13.0. The van der Waals surface area contributed by atoms with E-state index in [0.29, 0.717) is 0 Å². The van der Waals surface area contributed by atoms with Crippen LogP contribution in [0, 0.1) is 5.82 Å². The fraction of sp³-hybridized carbons (Fsp3) is 0.353. The van der Waals surface area contributed by atoms with Crippen LogP contribution < -0.4 is 10.9 Å². The Kier molecular flexibility index (Phi) is 6.96. The van der Waals surface area contributed by atoms with E-state index in [4.69, 9.17) is 23.2 Å². The lowest BCUT2D eigenvalue weighted by atomic mass is 10.1. The normalized spacial score (nSPS) is 13.1. The van der Waals surface area contributed by atoms with E-state index in [-0.39, 0.29) is 27.2 Å². The Morgan fingerprint density at radius 2 is 1.84 bits per heavy atom. The van der Waals surface area contributed by atoms with Crippen molar-refractivity contribution in [1.29, 1.82) is 0 Å². The van der Waals surface area contributed by atoms with Crippen LogP contribution in [0.25, 0.3) is 0 Å². The molecule has 0 aliphatic heterocycles. The van der Waals surface area contributed by atoms with E-state index in [9.17, 15) is 14.0 Å². The molecule has 0 unspecified atom stereocenters. The zero-order chi connectivity index (χ0) is 18.4. The summed E-state index contributed by atoms with van der Waals surface area (Å²) < 4.78 is 13.0. The Balaban J connectivity index is 0.000000181. The third-order valence-corrected chi connectivity index (χ3v) is 4.38. The van der Waals surface area contributed by atoms with Crippen molar-refractivity contribution in [1.82, 2.24) is 10.2 Å². The maximum Gasteiger partial charge on any atom is 0.264 e. The van der Waals surface area contributed by atoms with Gasteiger partial charge in [-0.1, -0.05) is 29.6 Å². The van der Waals surface area contributed by atoms with Crippen molar-refractivity contribution >= 4 is 34.8 Å². The molecule has 0 saturated carbocycles. The van der Waals surface area contributed by atoms with Gasteiger partial charge in [-0.2, -0.15) is 5.10 Å². The number of nitrogens with zero attached hydrogens (tertiary/aromatic N) is 1. The first-order chi connectivity index (χ1) is 11.9. The SMILES string of the molecule is CC(=O)Nc1cc(Cl)c(Cl)cc1F.O=c1cc2c(n[nH]1)CCCCC2. The molecule has 1 aromatic carbocycles. The lowest BCUT2D eigenvalue weighted by Gasteiger charge is -2.04. The van der Waals surface area contributed by atoms with E-state index in [1.165, 1.54) is 32.3 Å². The number of aromatic amines is 1. The fourth-order valence-electron chi connectivity index (χ4n) is 2.49. The average molecular weight is 386 g/mol. The molecular weight excluding hydrogens is 368 g/mol. The number of hydrogen-bond donors (Lipinski definition) is 2. The molecule has 0 atom stereocenters. The highest BCUT2D eigenvalue weighted by Gasteiger charge is 2.09. The summed E-state index contributed by atoms with van der Waals surface area (Å²) in [6, 6.07) is 4.00. The summed E-state index contributed by atoms with van der Waals surface area (Å²) in [6.07, 6.45) is 5.69. The molecule has 0 fully saturated rings. The van der Waals surface area contributed by atoms with Crippen LogP contribution in [0.2, 0.25) is 10.0 Å². The van der Waals surface area contributed by atoms with Gasteiger partial charge in [-0.3, -0.25) is 9.59 Å². The second-order valence-corrected chi connectivity index (χ2v) is 6.51. The van der Waals surface area contributed by atoms with Crippen LogP contribution in [0.4, 0.5) is 10.1 Å². The smallest absolute Gasteiger partial charge is 0.264 e. The number of rotatable bonds is 1. The number of carbonyl (C=O) groups is 1. The first kappa shape index (κ1) is 19.4. The topological polar surface area (TPSA) is 74.8 Å². The fourth-order valence-corrected chi connectivity index (χ4v) is 2.81. The largest absolute Gasteiger partial charge is 0.324 e. The lowest BCUT2D eigenvalue weighted by Crippen LogP contribution is -2.11. The number of H-pyrrole nitrogens is 1. The Hall–Kier alpha value is -1.92. The number of aromatic nitrogens is 2. The summed E-state index contributed by atoms with van der Waals surface area (Å²) in [7, 11) is 0. The molecule has 0 saturated heterocycles. The van der Waals surface area contributed by atoms with Gasteiger partial charge in [0.05, 0.1) is 21.4 Å². The van der Waals surface area contributed by atoms with Gasteiger partial charge in [-0.15, -0.1) is 0 Å². The number of aryl methyl sites for hydroxylation is 2. The van der Waals surface area contributed by atoms with Crippen molar-refractivity contribution in [2.24, 2.45) is 0 Å². The number of nitrogens with one attached hydrogen (secondary N) is 2. The first-order valence-electron chi connectivity index (χ1n) is 7.86. The molecule has 3 rings (SSSR count). The number of carbonyl (C=O) groups excluding carboxylic acids is 1. The molecule has 1 amide bonds. The average Bonchev–Trinajstić information content (AvgIpc) is 2.77. The number of benzene rings is 1. The minimum Gasteiger partial charge on any atom is -0.324 e. The van der Waals surface area contributed by atoms with Gasteiger partial charge >= 0.3 is 0 Å². The van der Waals surface area contributed by atoms with Crippen LogP contribution in [0.15, 0.2) is 23.0 Å². The molecule has 1 aliphatic rings. The van der Waals surface area contributed by atoms with Gasteiger partial charge < -0.3 is 5.32 Å². The van der Waals surface area contributed by atoms with Crippen molar-refractivity contribution < 1.29 is 9.18 Å². The van der Waals surface area contributed by atoms with Gasteiger partial charge in [0.1, 0.15) is 5.82 Å². The summed E-state index contributed by atoms with van der Waals surface area (Å²) in [5.41, 5.74) is 2.20. The second kappa shape index (κ2) is 8.97. The molecule has 1 aromatic heterocycles. The van der Waals surface area contributed by atoms with Gasteiger partial charge in [0.2, 0.25) is 5.91 Å². The summed E-state index contributed by atoms with van der Waals surface area (Å²) in [5.74, 6) is -0.970. The van der Waals surface area contributed by atoms with Crippen molar-refractivity contribution in [2.45, 2.75) is 39.0 Å². The van der Waals surface area contributed by atoms with Gasteiger partial charge in [-0.25, -0.2) is 9.49 Å². The maximum absolute atomic E-state index is 13.0. The molecule has 2 N–H and O–H groups in total. The van der Waals surface area contributed by atoms with E-state index in [1.807, 2.05) is 0 Å². The van der Waals surface area contributed by atoms with Crippen molar-refractivity contribution in [3.8, 4) is 0 Å². The summed E-state index contributed by atoms with van der Waals surface area (Å²) in [4.78, 5) is 21.5. The van der Waals surface area contributed by atoms with Crippen LogP contribution in [-0.4, -0.2) is 16.1 Å². The molecule has 0 spiro atoms. The molecular formula is C17H18Cl2FN3O2. The molecule has 2 aromatic rings. The quantitative estimate of drug-likeness (QED) is 0.572. The van der Waals surface area contributed by atoms with Gasteiger partial charge in [0.15, 0.2) is 0 Å². The Bertz CT molecular complexity index is 824. The van der Waals surface area contributed by atoms with Gasteiger partial charge in [0, 0.05) is 13.0 Å². The highest BCUT2D eigenvalue weighted by molar-refractivity contribution is 6.42. The predicted molar refractivity (Wildman–Crippen MR) is 96.8 cm³/mol. The molecule has 0 bridgehead atoms. The number of hydrogen-bond acceptors (Lipinski definition) is 3. The van der Waals surface area contributed by atoms with Crippen molar-refractivity contribution in [2.75, 3.05) is 5.32 Å². The molecule has 1 aliphatic carbocycles. The van der Waals surface area contributed by atoms with Crippen LogP contribution >= 0.6 is 23.2 Å². The lowest BCUT2D eigenvalue weighted by molar-refractivity contribution is -0.114. The molecule has 0 radical (unpaired) electrons. The number of amides is 1. The molecule has 1 heterocycles. The van der Waals surface area contributed by atoms with Crippen molar-refractivity contribution in [3.63, 3.8) is 0 Å². The van der Waals surface area contributed by atoms with Gasteiger partial charge in [-0.05, 0) is 43.4 Å². The van der Waals surface area contributed by atoms with Crippen LogP contribution in [0.3, 0.4) is 0 Å².